The van der Waals surface area contributed by atoms with Crippen LogP contribution in [-0.2, 0) is 12.8 Å². The Balaban J connectivity index is 2.26. The number of aryl methyl sites for hydroxylation is 1. The van der Waals surface area contributed by atoms with E-state index < -0.39 is 11.9 Å². The zero-order valence-electron chi connectivity index (χ0n) is 31.8. The van der Waals surface area contributed by atoms with Crippen LogP contribution in [0.2, 0.25) is 0 Å². The molecule has 0 unspecified atom stereocenters. The van der Waals surface area contributed by atoms with Crippen LogP contribution in [0.25, 0.3) is 0 Å². The molecule has 0 heterocycles. The highest BCUT2D eigenvalue weighted by Crippen LogP contribution is 2.25. The second-order valence-corrected chi connectivity index (χ2v) is 14.8. The molecule has 48 heavy (non-hydrogen) atoms. The van der Waals surface area contributed by atoms with E-state index in [1.807, 2.05) is 6.07 Å². The van der Waals surface area contributed by atoms with E-state index >= 15 is 0 Å². The maximum absolute atomic E-state index is 12.1. The Labute approximate surface area is 297 Å². The highest BCUT2D eigenvalue weighted by Gasteiger charge is 2.15. The van der Waals surface area contributed by atoms with E-state index in [1.165, 1.54) is 179 Å². The van der Waals surface area contributed by atoms with Crippen LogP contribution in [0.1, 0.15) is 251 Å². The molecule has 0 aliphatic carbocycles. The Morgan fingerprint density at radius 3 is 0.979 bits per heavy atom. The predicted molar refractivity (Wildman–Crippen MR) is 202 cm³/mol. The van der Waals surface area contributed by atoms with Crippen LogP contribution in [-0.4, -0.2) is 11.9 Å². The van der Waals surface area contributed by atoms with Crippen LogP contribution in [0.5, 0.6) is 0 Å². The van der Waals surface area contributed by atoms with Crippen molar-refractivity contribution in [2.45, 2.75) is 232 Å². The lowest BCUT2D eigenvalue weighted by molar-refractivity contribution is -0.259. The summed E-state index contributed by atoms with van der Waals surface area (Å²) in [5, 5.41) is 23.8. The van der Waals surface area contributed by atoms with E-state index in [1.54, 1.807) is 0 Å². The summed E-state index contributed by atoms with van der Waals surface area (Å²) in [4.78, 5) is 23.8. The van der Waals surface area contributed by atoms with E-state index in [-0.39, 0.29) is 11.1 Å². The summed E-state index contributed by atoms with van der Waals surface area (Å²) < 4.78 is 0. The molecule has 4 nitrogen and oxygen atoms in total. The van der Waals surface area contributed by atoms with Gasteiger partial charge in [-0.1, -0.05) is 219 Å². The van der Waals surface area contributed by atoms with Gasteiger partial charge in [0.05, 0.1) is 11.9 Å². The molecule has 0 saturated carbocycles. The van der Waals surface area contributed by atoms with Crippen molar-refractivity contribution in [1.82, 2.24) is 0 Å². The van der Waals surface area contributed by atoms with Crippen molar-refractivity contribution in [3.05, 3.63) is 34.4 Å². The molecular weight excluding hydrogens is 592 g/mol. The third-order valence-corrected chi connectivity index (χ3v) is 10.4. The second-order valence-electron chi connectivity index (χ2n) is 14.8. The standard InChI is InChI=1S/C44H78O4/c1-3-5-7-9-11-13-15-17-19-21-23-25-27-29-31-33-35-39-37-38-41(43(45)46)42(44(47)48)40(39)36-34-32-30-28-26-24-22-20-18-16-14-12-10-8-6-4-2/h37-38H,3-36H2,1-2H3,(H,45,46)(H,47,48)/p-2. The van der Waals surface area contributed by atoms with Crippen LogP contribution in [0, 0.1) is 0 Å². The van der Waals surface area contributed by atoms with Crippen molar-refractivity contribution in [3.8, 4) is 0 Å². The van der Waals surface area contributed by atoms with Crippen molar-refractivity contribution in [1.29, 1.82) is 0 Å². The predicted octanol–water partition coefficient (Wildman–Crippen LogP) is 12.0. The summed E-state index contributed by atoms with van der Waals surface area (Å²) in [6, 6.07) is 3.24. The van der Waals surface area contributed by atoms with E-state index in [2.05, 4.69) is 13.8 Å². The average molecular weight is 669 g/mol. The van der Waals surface area contributed by atoms with Crippen LogP contribution in [0.3, 0.4) is 0 Å². The number of unbranched alkanes of at least 4 members (excludes halogenated alkanes) is 30. The highest BCUT2D eigenvalue weighted by molar-refractivity contribution is 6.01. The van der Waals surface area contributed by atoms with Crippen molar-refractivity contribution < 1.29 is 19.8 Å². The maximum Gasteiger partial charge on any atom is 0.0724 e. The minimum Gasteiger partial charge on any atom is -0.545 e. The highest BCUT2D eigenvalue weighted by atomic mass is 16.4. The Morgan fingerprint density at radius 2 is 0.688 bits per heavy atom. The minimum absolute atomic E-state index is 0.148. The Morgan fingerprint density at radius 1 is 0.396 bits per heavy atom. The van der Waals surface area contributed by atoms with E-state index in [9.17, 15) is 19.8 Å². The number of carboxylic acids is 2. The van der Waals surface area contributed by atoms with E-state index in [4.69, 9.17) is 0 Å². The Bertz CT molecular complexity index is 907. The average Bonchev–Trinajstić information content (AvgIpc) is 3.07. The lowest BCUT2D eigenvalue weighted by Crippen LogP contribution is -2.31. The minimum atomic E-state index is -1.43. The normalized spacial score (nSPS) is 11.4. The topological polar surface area (TPSA) is 80.3 Å². The zero-order valence-corrected chi connectivity index (χ0v) is 31.8. The first kappa shape index (κ1) is 44.2. The van der Waals surface area contributed by atoms with Gasteiger partial charge in [-0.3, -0.25) is 0 Å². The van der Waals surface area contributed by atoms with Gasteiger partial charge in [0.15, 0.2) is 0 Å². The van der Waals surface area contributed by atoms with Crippen molar-refractivity contribution >= 4 is 11.9 Å². The van der Waals surface area contributed by atoms with Gasteiger partial charge in [-0.2, -0.15) is 0 Å². The van der Waals surface area contributed by atoms with Gasteiger partial charge in [0.1, 0.15) is 0 Å². The summed E-state index contributed by atoms with van der Waals surface area (Å²) in [6.45, 7) is 4.55. The van der Waals surface area contributed by atoms with Crippen molar-refractivity contribution in [2.75, 3.05) is 0 Å². The van der Waals surface area contributed by atoms with Crippen molar-refractivity contribution in [2.24, 2.45) is 0 Å². The number of carbonyl (C=O) groups excluding carboxylic acids is 2. The van der Waals surface area contributed by atoms with Crippen LogP contribution < -0.4 is 10.2 Å². The molecule has 1 aromatic carbocycles. The summed E-state index contributed by atoms with van der Waals surface area (Å²) in [6.07, 6.45) is 43.1. The fourth-order valence-electron chi connectivity index (χ4n) is 7.33. The number of carbonyl (C=O) groups is 2. The summed E-state index contributed by atoms with van der Waals surface area (Å²) in [5.41, 5.74) is 1.26. The molecule has 0 fully saturated rings. The first-order valence-corrected chi connectivity index (χ1v) is 21.1. The molecule has 0 aliphatic heterocycles. The lowest BCUT2D eigenvalue weighted by Gasteiger charge is -2.20. The third kappa shape index (κ3) is 23.5. The number of aromatic carboxylic acids is 2. The van der Waals surface area contributed by atoms with E-state index in [0.717, 1.165) is 44.1 Å². The second kappa shape index (κ2) is 32.4. The first-order chi connectivity index (χ1) is 23.5. The molecule has 1 rings (SSSR count). The van der Waals surface area contributed by atoms with Gasteiger partial charge in [0.2, 0.25) is 0 Å². The number of rotatable bonds is 36. The van der Waals surface area contributed by atoms with Crippen molar-refractivity contribution in [3.63, 3.8) is 0 Å². The number of hydrogen-bond acceptors (Lipinski definition) is 4. The number of carboxylic acid groups (broad SMARTS) is 2. The SMILES string of the molecule is CCCCCCCCCCCCCCCCCCc1ccc(C(=O)[O-])c(C(=O)[O-])c1CCCCCCCCCCCCCCCCCC. The fraction of sp³-hybridized carbons (Fsp3) is 0.818. The first-order valence-electron chi connectivity index (χ1n) is 21.1. The molecule has 0 N–H and O–H groups in total. The molecule has 0 radical (unpaired) electrons. The maximum atomic E-state index is 12.1. The van der Waals surface area contributed by atoms with Gasteiger partial charge in [-0.25, -0.2) is 0 Å². The van der Waals surface area contributed by atoms with Gasteiger partial charge in [0, 0.05) is 11.1 Å². The molecule has 0 aromatic heterocycles. The van der Waals surface area contributed by atoms with Gasteiger partial charge < -0.3 is 19.8 Å². The largest absolute Gasteiger partial charge is 0.545 e. The Kier molecular flexibility index (Phi) is 29.8. The van der Waals surface area contributed by atoms with Crippen LogP contribution in [0.15, 0.2) is 12.1 Å². The molecular formula is C44H76O4-2. The van der Waals surface area contributed by atoms with Crippen LogP contribution >= 0.6 is 0 Å². The molecule has 1 aromatic rings. The number of hydrogen-bond donors (Lipinski definition) is 0. The molecule has 0 spiro atoms. The van der Waals surface area contributed by atoms with Gasteiger partial charge in [-0.05, 0) is 36.8 Å². The summed E-state index contributed by atoms with van der Waals surface area (Å²) in [5.74, 6) is -2.83. The zero-order chi connectivity index (χ0) is 34.9. The molecule has 0 amide bonds. The quantitative estimate of drug-likeness (QED) is 0.0666. The van der Waals surface area contributed by atoms with Gasteiger partial charge >= 0.3 is 0 Å². The summed E-state index contributed by atoms with van der Waals surface area (Å²) in [7, 11) is 0. The molecule has 0 bridgehead atoms. The smallest absolute Gasteiger partial charge is 0.0724 e. The Hall–Kier alpha value is -1.84. The molecule has 4 heteroatoms. The molecule has 0 atom stereocenters. The monoisotopic (exact) mass is 669 g/mol. The van der Waals surface area contributed by atoms with Crippen LogP contribution in [0.4, 0.5) is 0 Å². The molecule has 0 saturated heterocycles. The van der Waals surface area contributed by atoms with Gasteiger partial charge in [-0.15, -0.1) is 0 Å². The third-order valence-electron chi connectivity index (χ3n) is 10.4. The summed E-state index contributed by atoms with van der Waals surface area (Å²) >= 11 is 0. The lowest BCUT2D eigenvalue weighted by atomic mass is 9.89. The van der Waals surface area contributed by atoms with E-state index in [0.29, 0.717) is 12.0 Å². The molecule has 0 aliphatic rings. The van der Waals surface area contributed by atoms with Gasteiger partial charge in [0.25, 0.3) is 0 Å². The fourth-order valence-corrected chi connectivity index (χ4v) is 7.33. The molecule has 278 valence electrons. The number of benzene rings is 1.